The van der Waals surface area contributed by atoms with Crippen LogP contribution in [0.15, 0.2) is 22.9 Å². The third-order valence-corrected chi connectivity index (χ3v) is 8.92. The molecule has 2 aromatic heterocycles. The Bertz CT molecular complexity index is 633. The van der Waals surface area contributed by atoms with E-state index < -0.39 is 0 Å². The van der Waals surface area contributed by atoms with E-state index in [1.165, 1.54) is 64.2 Å². The van der Waals surface area contributed by atoms with E-state index in [1.807, 2.05) is 22.7 Å². The van der Waals surface area contributed by atoms with Gasteiger partial charge in [-0.1, -0.05) is 79.1 Å². The molecule has 0 amide bonds. The highest BCUT2D eigenvalue weighted by Gasteiger charge is 2.46. The van der Waals surface area contributed by atoms with Gasteiger partial charge >= 0.3 is 0 Å². The molecule has 0 aromatic carbocycles. The van der Waals surface area contributed by atoms with E-state index in [9.17, 15) is 0 Å². The zero-order valence-electron chi connectivity index (χ0n) is 17.9. The first-order chi connectivity index (χ1) is 13.2. The van der Waals surface area contributed by atoms with Crippen molar-refractivity contribution in [3.05, 3.63) is 34.0 Å². The SMILES string of the molecule is CCCC[C@@H](CC)CC1(C[C@@H](CC)CCCC)c2ccsc2-c2sccc21. The van der Waals surface area contributed by atoms with Gasteiger partial charge in [-0.15, -0.1) is 22.7 Å². The molecule has 2 aromatic rings. The second kappa shape index (κ2) is 9.74. The maximum absolute atomic E-state index is 2.48. The largest absolute Gasteiger partial charge is 0.143 e. The lowest BCUT2D eigenvalue weighted by molar-refractivity contribution is 0.266. The molecule has 0 spiro atoms. The molecule has 1 aliphatic carbocycles. The first kappa shape index (κ1) is 21.1. The predicted octanol–water partition coefficient (Wildman–Crippen LogP) is 9.29. The normalized spacial score (nSPS) is 16.9. The number of hydrogen-bond acceptors (Lipinski definition) is 2. The van der Waals surface area contributed by atoms with Crippen LogP contribution in [0.2, 0.25) is 0 Å². The lowest BCUT2D eigenvalue weighted by Crippen LogP contribution is -2.31. The lowest BCUT2D eigenvalue weighted by atomic mass is 9.66. The fraction of sp³-hybridized carbons (Fsp3) is 0.680. The van der Waals surface area contributed by atoms with Gasteiger partial charge in [0.2, 0.25) is 0 Å². The van der Waals surface area contributed by atoms with Crippen LogP contribution in [0, 0.1) is 11.8 Å². The number of rotatable bonds is 12. The van der Waals surface area contributed by atoms with Gasteiger partial charge in [0, 0.05) is 15.2 Å². The Morgan fingerprint density at radius 3 is 1.56 bits per heavy atom. The third kappa shape index (κ3) is 4.22. The summed E-state index contributed by atoms with van der Waals surface area (Å²) in [5, 5.41) is 4.70. The molecule has 0 N–H and O–H groups in total. The van der Waals surface area contributed by atoms with Crippen LogP contribution >= 0.6 is 22.7 Å². The Kier molecular flexibility index (Phi) is 7.62. The van der Waals surface area contributed by atoms with Gasteiger partial charge in [-0.25, -0.2) is 0 Å². The van der Waals surface area contributed by atoms with Crippen LogP contribution < -0.4 is 0 Å². The monoisotopic (exact) mass is 402 g/mol. The summed E-state index contributed by atoms with van der Waals surface area (Å²) in [5.74, 6) is 1.71. The molecule has 150 valence electrons. The molecular weight excluding hydrogens is 364 g/mol. The van der Waals surface area contributed by atoms with Crippen molar-refractivity contribution in [3.63, 3.8) is 0 Å². The Morgan fingerprint density at radius 2 is 1.19 bits per heavy atom. The average molecular weight is 403 g/mol. The minimum absolute atomic E-state index is 0.285. The first-order valence-corrected chi connectivity index (χ1v) is 13.1. The van der Waals surface area contributed by atoms with E-state index >= 15 is 0 Å². The smallest absolute Gasteiger partial charge is 0.0486 e. The minimum Gasteiger partial charge on any atom is -0.143 e. The van der Waals surface area contributed by atoms with Crippen molar-refractivity contribution in [2.24, 2.45) is 11.8 Å². The minimum atomic E-state index is 0.285. The summed E-state index contributed by atoms with van der Waals surface area (Å²) in [6.45, 7) is 9.51. The fourth-order valence-electron chi connectivity index (χ4n) is 5.26. The van der Waals surface area contributed by atoms with Gasteiger partial charge in [-0.05, 0) is 58.7 Å². The highest BCUT2D eigenvalue weighted by atomic mass is 32.1. The van der Waals surface area contributed by atoms with E-state index in [4.69, 9.17) is 0 Å². The standard InChI is InChI=1S/C25H38S2/c1-5-9-11-19(7-3)17-25(18-20(8-4)12-10-6-2)21-13-15-26-23(21)24-22(25)14-16-27-24/h13-16,19-20H,5-12,17-18H2,1-4H3/t19-,20+. The Balaban J connectivity index is 1.97. The molecule has 27 heavy (non-hydrogen) atoms. The molecule has 2 heteroatoms. The summed E-state index contributed by atoms with van der Waals surface area (Å²) in [7, 11) is 0. The van der Waals surface area contributed by atoms with Gasteiger partial charge in [0.25, 0.3) is 0 Å². The maximum Gasteiger partial charge on any atom is 0.0486 e. The second-order valence-electron chi connectivity index (χ2n) is 8.65. The van der Waals surface area contributed by atoms with Crippen molar-refractivity contribution >= 4 is 22.7 Å². The van der Waals surface area contributed by atoms with Crippen LogP contribution in [-0.2, 0) is 5.41 Å². The molecule has 0 bridgehead atoms. The topological polar surface area (TPSA) is 0 Å². The highest BCUT2D eigenvalue weighted by molar-refractivity contribution is 7.21. The fourth-order valence-corrected chi connectivity index (χ4v) is 7.45. The van der Waals surface area contributed by atoms with Crippen molar-refractivity contribution in [1.82, 2.24) is 0 Å². The zero-order valence-corrected chi connectivity index (χ0v) is 19.5. The zero-order chi connectivity index (χ0) is 19.3. The molecule has 2 atom stereocenters. The van der Waals surface area contributed by atoms with Gasteiger partial charge < -0.3 is 0 Å². The summed E-state index contributed by atoms with van der Waals surface area (Å²) in [5.41, 5.74) is 3.64. The van der Waals surface area contributed by atoms with E-state index in [-0.39, 0.29) is 5.41 Å². The van der Waals surface area contributed by atoms with E-state index in [0.717, 1.165) is 11.8 Å². The van der Waals surface area contributed by atoms with Crippen molar-refractivity contribution in [2.45, 2.75) is 97.3 Å². The molecule has 3 rings (SSSR count). The quantitative estimate of drug-likeness (QED) is 0.332. The molecule has 1 aliphatic rings. The molecule has 0 unspecified atom stereocenters. The van der Waals surface area contributed by atoms with Crippen LogP contribution in [0.4, 0.5) is 0 Å². The Hall–Kier alpha value is -0.600. The predicted molar refractivity (Wildman–Crippen MR) is 124 cm³/mol. The summed E-state index contributed by atoms with van der Waals surface area (Å²) in [6, 6.07) is 4.96. The molecule has 2 heterocycles. The number of thiophene rings is 2. The first-order valence-electron chi connectivity index (χ1n) is 11.4. The summed E-state index contributed by atoms with van der Waals surface area (Å²) >= 11 is 3.95. The van der Waals surface area contributed by atoms with Gasteiger partial charge in [-0.2, -0.15) is 0 Å². The number of unbranched alkanes of at least 4 members (excludes halogenated alkanes) is 2. The van der Waals surface area contributed by atoms with Crippen LogP contribution in [-0.4, -0.2) is 0 Å². The third-order valence-electron chi connectivity index (χ3n) is 6.93. The van der Waals surface area contributed by atoms with Gasteiger partial charge in [-0.3, -0.25) is 0 Å². The van der Waals surface area contributed by atoms with Gasteiger partial charge in [0.05, 0.1) is 0 Å². The molecule has 0 aliphatic heterocycles. The molecular formula is C25H38S2. The molecule has 0 fully saturated rings. The summed E-state index contributed by atoms with van der Waals surface area (Å²) < 4.78 is 0. The molecule has 0 nitrogen and oxygen atoms in total. The van der Waals surface area contributed by atoms with Gasteiger partial charge in [0.15, 0.2) is 0 Å². The molecule has 0 radical (unpaired) electrons. The van der Waals surface area contributed by atoms with Crippen molar-refractivity contribution in [1.29, 1.82) is 0 Å². The van der Waals surface area contributed by atoms with Crippen molar-refractivity contribution in [3.8, 4) is 9.75 Å². The van der Waals surface area contributed by atoms with E-state index in [2.05, 4.69) is 50.6 Å². The Morgan fingerprint density at radius 1 is 0.741 bits per heavy atom. The number of hydrogen-bond donors (Lipinski definition) is 0. The highest BCUT2D eigenvalue weighted by Crippen LogP contribution is 2.59. The Labute approximate surface area is 175 Å². The van der Waals surface area contributed by atoms with Crippen LogP contribution in [0.1, 0.15) is 103 Å². The molecule has 0 saturated carbocycles. The van der Waals surface area contributed by atoms with E-state index in [0.29, 0.717) is 0 Å². The number of fused-ring (bicyclic) bond motifs is 3. The molecule has 0 saturated heterocycles. The van der Waals surface area contributed by atoms with E-state index in [1.54, 1.807) is 20.9 Å². The van der Waals surface area contributed by atoms with Crippen molar-refractivity contribution in [2.75, 3.05) is 0 Å². The lowest BCUT2D eigenvalue weighted by Gasteiger charge is -2.37. The van der Waals surface area contributed by atoms with Crippen LogP contribution in [0.25, 0.3) is 9.75 Å². The summed E-state index contributed by atoms with van der Waals surface area (Å²) in [6.07, 6.45) is 13.6. The second-order valence-corrected chi connectivity index (χ2v) is 10.5. The summed E-state index contributed by atoms with van der Waals surface area (Å²) in [4.78, 5) is 3.19. The maximum atomic E-state index is 2.48. The van der Waals surface area contributed by atoms with Gasteiger partial charge in [0.1, 0.15) is 0 Å². The average Bonchev–Trinajstić information content (AvgIpc) is 3.39. The van der Waals surface area contributed by atoms with Crippen molar-refractivity contribution < 1.29 is 0 Å². The van der Waals surface area contributed by atoms with Crippen LogP contribution in [0.5, 0.6) is 0 Å². The van der Waals surface area contributed by atoms with Crippen LogP contribution in [0.3, 0.4) is 0 Å².